The number of imidazole rings is 1. The van der Waals surface area contributed by atoms with Crippen molar-refractivity contribution in [2.24, 2.45) is 5.92 Å². The molecule has 2 aliphatic rings. The highest BCUT2D eigenvalue weighted by Gasteiger charge is 2.31. The lowest BCUT2D eigenvalue weighted by atomic mass is 9.91. The lowest BCUT2D eigenvalue weighted by Crippen LogP contribution is -2.43. The zero-order valence-corrected chi connectivity index (χ0v) is 16.6. The van der Waals surface area contributed by atoms with E-state index in [9.17, 15) is 14.0 Å². The van der Waals surface area contributed by atoms with Crippen molar-refractivity contribution in [3.05, 3.63) is 53.4 Å². The number of amides is 1. The predicted molar refractivity (Wildman–Crippen MR) is 105 cm³/mol. The first-order valence-corrected chi connectivity index (χ1v) is 10.3. The number of piperidine rings is 1. The van der Waals surface area contributed by atoms with Gasteiger partial charge in [-0.1, -0.05) is 12.1 Å². The van der Waals surface area contributed by atoms with Gasteiger partial charge in [-0.25, -0.2) is 9.37 Å². The van der Waals surface area contributed by atoms with Gasteiger partial charge in [0.2, 0.25) is 0 Å². The molecular weight excluding hydrogens is 373 g/mol. The van der Waals surface area contributed by atoms with E-state index in [1.54, 1.807) is 30.2 Å². The predicted octanol–water partition coefficient (Wildman–Crippen LogP) is 3.17. The first-order valence-electron chi connectivity index (χ1n) is 10.3. The fraction of sp³-hybridized carbons (Fsp3) is 0.500. The fourth-order valence-electron chi connectivity index (χ4n) is 4.36. The molecule has 0 saturated carbocycles. The summed E-state index contributed by atoms with van der Waals surface area (Å²) in [6, 6.07) is 6.72. The van der Waals surface area contributed by atoms with E-state index < -0.39 is 0 Å². The highest BCUT2D eigenvalue weighted by Crippen LogP contribution is 2.29. The molecule has 1 fully saturated rings. The highest BCUT2D eigenvalue weighted by atomic mass is 19.1. The summed E-state index contributed by atoms with van der Waals surface area (Å²) in [6.07, 6.45) is 4.96. The van der Waals surface area contributed by atoms with E-state index in [0.29, 0.717) is 31.9 Å². The van der Waals surface area contributed by atoms with Gasteiger partial charge in [0.1, 0.15) is 17.3 Å². The van der Waals surface area contributed by atoms with Crippen LogP contribution in [-0.2, 0) is 22.5 Å². The number of aryl methyl sites for hydroxylation is 1. The van der Waals surface area contributed by atoms with Crippen LogP contribution in [0.25, 0.3) is 0 Å². The molecule has 0 radical (unpaired) electrons. The van der Waals surface area contributed by atoms with Gasteiger partial charge >= 0.3 is 5.97 Å². The molecule has 154 valence electrons. The molecule has 2 atom stereocenters. The topological polar surface area (TPSA) is 64.4 Å². The number of fused-ring (bicyclic) bond motifs is 1. The Morgan fingerprint density at radius 1 is 1.28 bits per heavy atom. The molecule has 6 nitrogen and oxygen atoms in total. The van der Waals surface area contributed by atoms with Crippen molar-refractivity contribution in [2.75, 3.05) is 19.7 Å². The lowest BCUT2D eigenvalue weighted by molar-refractivity contribution is -0.149. The third-order valence-corrected chi connectivity index (χ3v) is 5.86. The molecule has 1 saturated heterocycles. The zero-order valence-electron chi connectivity index (χ0n) is 16.6. The van der Waals surface area contributed by atoms with Crippen LogP contribution in [0.2, 0.25) is 0 Å². The third kappa shape index (κ3) is 4.18. The summed E-state index contributed by atoms with van der Waals surface area (Å²) < 4.78 is 20.7. The van der Waals surface area contributed by atoms with Gasteiger partial charge in [-0.2, -0.15) is 0 Å². The maximum Gasteiger partial charge on any atom is 0.310 e. The van der Waals surface area contributed by atoms with Gasteiger partial charge in [-0.05, 0) is 43.9 Å². The molecule has 1 aromatic carbocycles. The number of hydrogen-bond donors (Lipinski definition) is 0. The number of benzene rings is 1. The molecule has 2 aromatic rings. The second-order valence-corrected chi connectivity index (χ2v) is 7.83. The molecule has 0 aliphatic carbocycles. The number of likely N-dealkylation sites (tertiary alicyclic amines) is 1. The van der Waals surface area contributed by atoms with Gasteiger partial charge in [0.15, 0.2) is 0 Å². The maximum atomic E-state index is 13.6. The van der Waals surface area contributed by atoms with E-state index in [4.69, 9.17) is 4.74 Å². The fourth-order valence-corrected chi connectivity index (χ4v) is 4.36. The van der Waals surface area contributed by atoms with Crippen molar-refractivity contribution in [1.29, 1.82) is 0 Å². The molecule has 3 heterocycles. The summed E-state index contributed by atoms with van der Waals surface area (Å²) in [4.78, 5) is 31.3. The molecule has 1 aromatic heterocycles. The van der Waals surface area contributed by atoms with Gasteiger partial charge in [-0.3, -0.25) is 9.59 Å². The smallest absolute Gasteiger partial charge is 0.310 e. The van der Waals surface area contributed by atoms with Crippen LogP contribution >= 0.6 is 0 Å². The minimum Gasteiger partial charge on any atom is -0.466 e. The van der Waals surface area contributed by atoms with Crippen molar-refractivity contribution < 1.29 is 18.7 Å². The summed E-state index contributed by atoms with van der Waals surface area (Å²) in [5.41, 5.74) is 1.40. The minimum atomic E-state index is -0.262. The molecule has 0 bridgehead atoms. The second kappa shape index (κ2) is 8.35. The van der Waals surface area contributed by atoms with Gasteiger partial charge in [0, 0.05) is 38.2 Å². The van der Waals surface area contributed by atoms with Gasteiger partial charge in [0.05, 0.1) is 12.5 Å². The zero-order chi connectivity index (χ0) is 20.4. The van der Waals surface area contributed by atoms with E-state index in [0.717, 1.165) is 37.1 Å². The van der Waals surface area contributed by atoms with Crippen LogP contribution in [0, 0.1) is 11.7 Å². The minimum absolute atomic E-state index is 0.136. The molecule has 0 N–H and O–H groups in total. The molecule has 2 unspecified atom stereocenters. The van der Waals surface area contributed by atoms with Gasteiger partial charge < -0.3 is 14.2 Å². The van der Waals surface area contributed by atoms with Crippen LogP contribution in [0.3, 0.4) is 0 Å². The maximum absolute atomic E-state index is 13.6. The molecule has 0 spiro atoms. The summed E-state index contributed by atoms with van der Waals surface area (Å²) in [5.74, 6) is 0.243. The van der Waals surface area contributed by atoms with Crippen molar-refractivity contribution in [1.82, 2.24) is 14.5 Å². The first kappa shape index (κ1) is 19.6. The molecule has 4 rings (SSSR count). The normalized spacial score (nSPS) is 21.5. The van der Waals surface area contributed by atoms with Crippen LogP contribution < -0.4 is 0 Å². The Labute approximate surface area is 169 Å². The first-order chi connectivity index (χ1) is 14.0. The average Bonchev–Trinajstić information content (AvgIpc) is 3.17. The Bertz CT molecular complexity index is 910. The van der Waals surface area contributed by atoms with Crippen molar-refractivity contribution >= 4 is 11.9 Å². The van der Waals surface area contributed by atoms with E-state index in [1.807, 2.05) is 10.6 Å². The number of ether oxygens (including phenoxy) is 1. The molecule has 7 heteroatoms. The van der Waals surface area contributed by atoms with E-state index >= 15 is 0 Å². The van der Waals surface area contributed by atoms with E-state index in [1.165, 1.54) is 6.07 Å². The van der Waals surface area contributed by atoms with Crippen LogP contribution in [0.4, 0.5) is 4.39 Å². The Morgan fingerprint density at radius 2 is 2.14 bits per heavy atom. The number of carbonyl (C=O) groups is 2. The molecule has 1 amide bonds. The van der Waals surface area contributed by atoms with Crippen LogP contribution in [0.5, 0.6) is 0 Å². The van der Waals surface area contributed by atoms with Crippen LogP contribution in [0.1, 0.15) is 54.0 Å². The summed E-state index contributed by atoms with van der Waals surface area (Å²) in [5, 5.41) is 0. The third-order valence-electron chi connectivity index (χ3n) is 5.86. The van der Waals surface area contributed by atoms with Crippen molar-refractivity contribution in [3.8, 4) is 0 Å². The van der Waals surface area contributed by atoms with Gasteiger partial charge in [0.25, 0.3) is 5.91 Å². The lowest BCUT2D eigenvalue weighted by Gasteiger charge is -2.31. The monoisotopic (exact) mass is 399 g/mol. The van der Waals surface area contributed by atoms with E-state index in [2.05, 4.69) is 4.98 Å². The Morgan fingerprint density at radius 3 is 2.93 bits per heavy atom. The average molecular weight is 399 g/mol. The number of carbonyl (C=O) groups excluding carboxylic acids is 2. The van der Waals surface area contributed by atoms with Gasteiger partial charge in [-0.15, -0.1) is 0 Å². The Kier molecular flexibility index (Phi) is 5.65. The number of nitrogens with zero attached hydrogens (tertiary/aromatic N) is 3. The second-order valence-electron chi connectivity index (χ2n) is 7.83. The number of aromatic nitrogens is 2. The quantitative estimate of drug-likeness (QED) is 0.741. The SMILES string of the molecule is CCOC(=O)C1CCCN(C(=O)c2cn3c(n2)CCC(c2cccc(F)c2)C3)C1. The summed E-state index contributed by atoms with van der Waals surface area (Å²) >= 11 is 0. The Balaban J connectivity index is 1.46. The largest absolute Gasteiger partial charge is 0.466 e. The molecule has 2 aliphatic heterocycles. The van der Waals surface area contributed by atoms with Crippen molar-refractivity contribution in [3.63, 3.8) is 0 Å². The van der Waals surface area contributed by atoms with E-state index in [-0.39, 0.29) is 29.5 Å². The summed E-state index contributed by atoms with van der Waals surface area (Å²) in [6.45, 7) is 3.83. The molecule has 29 heavy (non-hydrogen) atoms. The number of hydrogen-bond acceptors (Lipinski definition) is 4. The summed E-state index contributed by atoms with van der Waals surface area (Å²) in [7, 11) is 0. The standard InChI is InChI=1S/C22H26FN3O3/c1-2-29-22(28)17-6-4-10-25(13-17)21(27)19-14-26-12-16(8-9-20(26)24-19)15-5-3-7-18(23)11-15/h3,5,7,11,14,16-17H,2,4,6,8-10,12-13H2,1H3. The number of halogens is 1. The molecular formula is C22H26FN3O3. The van der Waals surface area contributed by atoms with Crippen molar-refractivity contribution in [2.45, 2.75) is 45.1 Å². The number of rotatable bonds is 4. The van der Waals surface area contributed by atoms with Crippen LogP contribution in [0.15, 0.2) is 30.5 Å². The Hall–Kier alpha value is -2.70. The van der Waals surface area contributed by atoms with Crippen LogP contribution in [-0.4, -0.2) is 46.0 Å². The highest BCUT2D eigenvalue weighted by molar-refractivity contribution is 5.92. The number of esters is 1.